The van der Waals surface area contributed by atoms with Crippen molar-refractivity contribution in [2.45, 2.75) is 82.5 Å². The molecule has 0 aromatic heterocycles. The van der Waals surface area contributed by atoms with Crippen LogP contribution in [0.3, 0.4) is 0 Å². The van der Waals surface area contributed by atoms with Crippen LogP contribution in [0.2, 0.25) is 5.02 Å². The van der Waals surface area contributed by atoms with Crippen LogP contribution in [0.4, 0.5) is 0 Å². The number of piperazine rings is 1. The number of carbonyl (C=O) groups is 2. The van der Waals surface area contributed by atoms with Gasteiger partial charge in [0.25, 0.3) is 0 Å². The van der Waals surface area contributed by atoms with Gasteiger partial charge in [0.2, 0.25) is 11.8 Å². The first-order valence-corrected chi connectivity index (χ1v) is 18.1. The number of benzene rings is 2. The summed E-state index contributed by atoms with van der Waals surface area (Å²) in [6, 6.07) is 15.4. The number of hydrogen-bond acceptors (Lipinski definition) is 6. The van der Waals surface area contributed by atoms with Crippen LogP contribution in [0.1, 0.15) is 61.6 Å². The molecule has 9 heteroatoms. The highest BCUT2D eigenvalue weighted by molar-refractivity contribution is 6.30. The van der Waals surface area contributed by atoms with E-state index in [0.29, 0.717) is 43.5 Å². The van der Waals surface area contributed by atoms with Gasteiger partial charge in [0.05, 0.1) is 19.3 Å². The molecule has 3 heterocycles. The second kappa shape index (κ2) is 16.6. The average molecular weight is 650 g/mol. The van der Waals surface area contributed by atoms with Crippen LogP contribution in [0.15, 0.2) is 48.5 Å². The number of amides is 2. The number of nitrogens with one attached hydrogen (secondary N) is 2. The van der Waals surface area contributed by atoms with E-state index in [-0.39, 0.29) is 17.9 Å². The van der Waals surface area contributed by atoms with Gasteiger partial charge in [-0.25, -0.2) is 0 Å². The van der Waals surface area contributed by atoms with Crippen molar-refractivity contribution in [3.05, 3.63) is 70.2 Å². The van der Waals surface area contributed by atoms with Gasteiger partial charge in [-0.2, -0.15) is 0 Å². The maximum Gasteiger partial charge on any atom is 0.245 e. The zero-order valence-corrected chi connectivity index (χ0v) is 28.1. The Balaban J connectivity index is 1.09. The van der Waals surface area contributed by atoms with Crippen LogP contribution < -0.4 is 10.6 Å². The molecule has 46 heavy (non-hydrogen) atoms. The highest BCUT2D eigenvalue weighted by Crippen LogP contribution is 2.30. The second-order valence-electron chi connectivity index (χ2n) is 13.8. The largest absolute Gasteiger partial charge is 0.379 e. The van der Waals surface area contributed by atoms with Crippen molar-refractivity contribution in [1.82, 2.24) is 25.3 Å². The average Bonchev–Trinajstić information content (AvgIpc) is 3.11. The van der Waals surface area contributed by atoms with Crippen molar-refractivity contribution in [2.24, 2.45) is 5.92 Å². The first-order valence-electron chi connectivity index (χ1n) is 17.7. The summed E-state index contributed by atoms with van der Waals surface area (Å²) in [7, 11) is 0. The number of rotatable bonds is 11. The maximum atomic E-state index is 14.1. The summed E-state index contributed by atoms with van der Waals surface area (Å²) in [5.74, 6) is 0.717. The minimum absolute atomic E-state index is 0.0105. The normalized spacial score (nSPS) is 23.0. The van der Waals surface area contributed by atoms with Crippen LogP contribution in [-0.4, -0.2) is 104 Å². The minimum atomic E-state index is -0.626. The minimum Gasteiger partial charge on any atom is -0.379 e. The molecule has 2 amide bonds. The fourth-order valence-corrected chi connectivity index (χ4v) is 8.04. The van der Waals surface area contributed by atoms with Crippen molar-refractivity contribution in [3.8, 4) is 0 Å². The molecule has 3 fully saturated rings. The summed E-state index contributed by atoms with van der Waals surface area (Å²) < 4.78 is 5.59. The van der Waals surface area contributed by atoms with E-state index in [1.165, 1.54) is 56.1 Å². The number of halogens is 1. The molecule has 1 saturated carbocycles. The topological polar surface area (TPSA) is 77.2 Å². The quantitative estimate of drug-likeness (QED) is 0.379. The smallest absolute Gasteiger partial charge is 0.245 e. The third-order valence-corrected chi connectivity index (χ3v) is 11.0. The van der Waals surface area contributed by atoms with E-state index in [4.69, 9.17) is 16.3 Å². The van der Waals surface area contributed by atoms with Crippen LogP contribution in [-0.2, 0) is 33.7 Å². The molecule has 250 valence electrons. The summed E-state index contributed by atoms with van der Waals surface area (Å²) in [6.45, 7) is 8.67. The van der Waals surface area contributed by atoms with Gasteiger partial charge in [0.15, 0.2) is 0 Å². The van der Waals surface area contributed by atoms with Gasteiger partial charge in [0.1, 0.15) is 6.04 Å². The van der Waals surface area contributed by atoms with E-state index in [2.05, 4.69) is 32.6 Å². The van der Waals surface area contributed by atoms with Crippen molar-refractivity contribution in [1.29, 1.82) is 0 Å². The first-order chi connectivity index (χ1) is 22.5. The monoisotopic (exact) mass is 649 g/mol. The van der Waals surface area contributed by atoms with Crippen molar-refractivity contribution in [2.75, 3.05) is 59.0 Å². The molecule has 4 aliphatic rings. The van der Waals surface area contributed by atoms with Gasteiger partial charge < -0.3 is 20.3 Å². The van der Waals surface area contributed by atoms with E-state index in [0.717, 1.165) is 57.4 Å². The van der Waals surface area contributed by atoms with Gasteiger partial charge in [0, 0.05) is 63.3 Å². The molecule has 2 aromatic carbocycles. The van der Waals surface area contributed by atoms with E-state index < -0.39 is 6.04 Å². The van der Waals surface area contributed by atoms with E-state index in [1.54, 1.807) is 0 Å². The van der Waals surface area contributed by atoms with E-state index >= 15 is 0 Å². The van der Waals surface area contributed by atoms with Crippen LogP contribution in [0.5, 0.6) is 0 Å². The lowest BCUT2D eigenvalue weighted by molar-refractivity contribution is -0.138. The molecule has 0 radical (unpaired) electrons. The molecule has 3 aliphatic heterocycles. The van der Waals surface area contributed by atoms with Crippen molar-refractivity contribution < 1.29 is 14.3 Å². The summed E-state index contributed by atoms with van der Waals surface area (Å²) >= 11 is 6.16. The molecule has 2 saturated heterocycles. The van der Waals surface area contributed by atoms with Gasteiger partial charge in [-0.1, -0.05) is 80.1 Å². The zero-order valence-electron chi connectivity index (χ0n) is 27.3. The number of morpholine rings is 1. The summed E-state index contributed by atoms with van der Waals surface area (Å²) in [6.07, 6.45) is 10.3. The van der Waals surface area contributed by atoms with Gasteiger partial charge >= 0.3 is 0 Å². The fraction of sp³-hybridized carbons (Fsp3) is 0.622. The molecule has 6 rings (SSSR count). The molecule has 8 nitrogen and oxygen atoms in total. The predicted octanol–water partition coefficient (Wildman–Crippen LogP) is 4.29. The SMILES string of the molecule is O=C(N[C@H](Cc1ccc(Cl)cc1)C(=O)N1CCN(C(CCN2CCOCC2)CC2CCCCC2)CC1)[C@H]1Cc2ccccc2CN1. The Bertz CT molecular complexity index is 1270. The fourth-order valence-electron chi connectivity index (χ4n) is 7.91. The Morgan fingerprint density at radius 1 is 0.913 bits per heavy atom. The molecule has 2 aromatic rings. The number of hydrogen-bond donors (Lipinski definition) is 2. The lowest BCUT2D eigenvalue weighted by Crippen LogP contribution is -2.59. The Morgan fingerprint density at radius 3 is 2.37 bits per heavy atom. The lowest BCUT2D eigenvalue weighted by atomic mass is 9.83. The van der Waals surface area contributed by atoms with Crippen LogP contribution >= 0.6 is 11.6 Å². The number of ether oxygens (including phenoxy) is 1. The standard InChI is InChI=1S/C37H52ClN5O3/c38-32-12-10-29(11-13-32)25-35(40-36(44)34-26-30-8-4-5-9-31(30)27-39-34)37(45)43-18-16-42(17-19-43)33(24-28-6-2-1-3-7-28)14-15-41-20-22-46-23-21-41/h4-5,8-13,28,33-35,39H,1-3,6-7,14-27H2,(H,40,44)/t33?,34-,35-/m1/s1. The second-order valence-corrected chi connectivity index (χ2v) is 14.2. The Labute approximate surface area is 280 Å². The number of fused-ring (bicyclic) bond motifs is 1. The van der Waals surface area contributed by atoms with Crippen LogP contribution in [0.25, 0.3) is 0 Å². The van der Waals surface area contributed by atoms with Gasteiger partial charge in [-0.3, -0.25) is 19.4 Å². The molecular formula is C37H52ClN5O3. The summed E-state index contributed by atoms with van der Waals surface area (Å²) in [5, 5.41) is 7.21. The molecule has 1 unspecified atom stereocenters. The first kappa shape index (κ1) is 33.4. The highest BCUT2D eigenvalue weighted by Gasteiger charge is 2.34. The summed E-state index contributed by atoms with van der Waals surface area (Å²) in [5.41, 5.74) is 3.40. The predicted molar refractivity (Wildman–Crippen MR) is 183 cm³/mol. The summed E-state index contributed by atoms with van der Waals surface area (Å²) in [4.78, 5) is 34.9. The highest BCUT2D eigenvalue weighted by atomic mass is 35.5. The van der Waals surface area contributed by atoms with E-state index in [1.807, 2.05) is 41.3 Å². The third kappa shape index (κ3) is 9.10. The Hall–Kier alpha value is -2.49. The van der Waals surface area contributed by atoms with Crippen molar-refractivity contribution >= 4 is 23.4 Å². The Kier molecular flexibility index (Phi) is 12.0. The maximum absolute atomic E-state index is 14.1. The van der Waals surface area contributed by atoms with Crippen molar-refractivity contribution in [3.63, 3.8) is 0 Å². The lowest BCUT2D eigenvalue weighted by Gasteiger charge is -2.42. The third-order valence-electron chi connectivity index (χ3n) is 10.7. The molecular weight excluding hydrogens is 598 g/mol. The number of nitrogens with zero attached hydrogens (tertiary/aromatic N) is 3. The molecule has 0 spiro atoms. The van der Waals surface area contributed by atoms with E-state index in [9.17, 15) is 9.59 Å². The van der Waals surface area contributed by atoms with Crippen LogP contribution in [0, 0.1) is 5.92 Å². The molecule has 3 atom stereocenters. The molecule has 1 aliphatic carbocycles. The van der Waals surface area contributed by atoms with Gasteiger partial charge in [-0.05, 0) is 60.5 Å². The molecule has 0 bridgehead atoms. The molecule has 2 N–H and O–H groups in total. The van der Waals surface area contributed by atoms with Gasteiger partial charge in [-0.15, -0.1) is 0 Å². The number of carbonyl (C=O) groups excluding carboxylic acids is 2. The Morgan fingerprint density at radius 2 is 1.63 bits per heavy atom. The zero-order chi connectivity index (χ0) is 31.7.